The molecule has 0 bridgehead atoms. The van der Waals surface area contributed by atoms with E-state index < -0.39 is 11.4 Å². The fourth-order valence-electron chi connectivity index (χ4n) is 3.31. The number of aromatic amines is 1. The van der Waals surface area contributed by atoms with E-state index in [1.54, 1.807) is 4.68 Å². The zero-order valence-corrected chi connectivity index (χ0v) is 14.1. The van der Waals surface area contributed by atoms with Gasteiger partial charge in [-0.1, -0.05) is 48.6 Å². The molecule has 2 heterocycles. The standard InChI is InChI=1S/C19H17N5O2/c1-24-12-9-15(22-24)19(17-16(18(25)26)20-23-21-17)10-7-14(8-11-19)13-5-3-2-4-6-13/h2-10,12H,11H2,1H3,(H,25,26)(H,20,21,23). The largest absolute Gasteiger partial charge is 0.476 e. The van der Waals surface area contributed by atoms with Gasteiger partial charge in [0.2, 0.25) is 0 Å². The molecular weight excluding hydrogens is 330 g/mol. The van der Waals surface area contributed by atoms with Crippen molar-refractivity contribution in [2.75, 3.05) is 0 Å². The second-order valence-electron chi connectivity index (χ2n) is 6.23. The Labute approximate surface area is 149 Å². The Morgan fingerprint density at radius 1 is 1.23 bits per heavy atom. The minimum Gasteiger partial charge on any atom is -0.476 e. The highest BCUT2D eigenvalue weighted by atomic mass is 16.4. The van der Waals surface area contributed by atoms with Gasteiger partial charge in [0, 0.05) is 13.2 Å². The van der Waals surface area contributed by atoms with Gasteiger partial charge in [-0.05, 0) is 23.6 Å². The Bertz CT molecular complexity index is 1020. The van der Waals surface area contributed by atoms with Gasteiger partial charge >= 0.3 is 5.97 Å². The van der Waals surface area contributed by atoms with Gasteiger partial charge in [-0.2, -0.15) is 15.4 Å². The summed E-state index contributed by atoms with van der Waals surface area (Å²) in [6.07, 6.45) is 8.43. The van der Waals surface area contributed by atoms with Crippen molar-refractivity contribution in [3.63, 3.8) is 0 Å². The van der Waals surface area contributed by atoms with E-state index in [1.807, 2.05) is 61.8 Å². The molecule has 1 atom stereocenters. The Morgan fingerprint density at radius 2 is 2.04 bits per heavy atom. The number of hydrogen-bond donors (Lipinski definition) is 2. The topological polar surface area (TPSA) is 96.7 Å². The second-order valence-corrected chi connectivity index (χ2v) is 6.23. The molecule has 0 spiro atoms. The van der Waals surface area contributed by atoms with E-state index in [9.17, 15) is 9.90 Å². The number of rotatable bonds is 4. The lowest BCUT2D eigenvalue weighted by atomic mass is 9.73. The molecule has 0 saturated heterocycles. The maximum atomic E-state index is 11.6. The zero-order chi connectivity index (χ0) is 18.1. The molecule has 0 fully saturated rings. The first-order valence-electron chi connectivity index (χ1n) is 8.20. The fraction of sp³-hybridized carbons (Fsp3) is 0.158. The van der Waals surface area contributed by atoms with Crippen LogP contribution in [0.4, 0.5) is 0 Å². The van der Waals surface area contributed by atoms with E-state index >= 15 is 0 Å². The van der Waals surface area contributed by atoms with Gasteiger partial charge in [-0.15, -0.1) is 5.10 Å². The molecular formula is C19H17N5O2. The number of nitrogens with zero attached hydrogens (tertiary/aromatic N) is 4. The van der Waals surface area contributed by atoms with Crippen molar-refractivity contribution < 1.29 is 9.90 Å². The van der Waals surface area contributed by atoms with Crippen LogP contribution in [0.1, 0.15) is 33.9 Å². The first-order valence-corrected chi connectivity index (χ1v) is 8.20. The number of H-pyrrole nitrogens is 1. The maximum absolute atomic E-state index is 11.6. The van der Waals surface area contributed by atoms with Crippen molar-refractivity contribution in [1.29, 1.82) is 0 Å². The summed E-state index contributed by atoms with van der Waals surface area (Å²) in [5.41, 5.74) is 2.42. The van der Waals surface area contributed by atoms with E-state index in [0.717, 1.165) is 16.8 Å². The maximum Gasteiger partial charge on any atom is 0.358 e. The molecule has 3 aromatic rings. The van der Waals surface area contributed by atoms with Gasteiger partial charge in [-0.3, -0.25) is 4.68 Å². The Morgan fingerprint density at radius 3 is 2.65 bits per heavy atom. The molecule has 4 rings (SSSR count). The monoisotopic (exact) mass is 347 g/mol. The zero-order valence-electron chi connectivity index (χ0n) is 14.1. The SMILES string of the molecule is Cn1ccc(C2(c3n[nH]nc3C(=O)O)C=CC(c3ccccc3)=CC2)n1. The lowest BCUT2D eigenvalue weighted by Crippen LogP contribution is -2.30. The number of aryl methyl sites for hydroxylation is 1. The van der Waals surface area contributed by atoms with Crippen LogP contribution in [0, 0.1) is 0 Å². The van der Waals surface area contributed by atoms with Crippen LogP contribution >= 0.6 is 0 Å². The summed E-state index contributed by atoms with van der Waals surface area (Å²) in [5, 5.41) is 24.5. The smallest absolute Gasteiger partial charge is 0.358 e. The van der Waals surface area contributed by atoms with E-state index in [4.69, 9.17) is 0 Å². The van der Waals surface area contributed by atoms with E-state index in [2.05, 4.69) is 26.6 Å². The predicted molar refractivity (Wildman–Crippen MR) is 95.5 cm³/mol. The molecule has 0 saturated carbocycles. The number of benzene rings is 1. The summed E-state index contributed by atoms with van der Waals surface area (Å²) in [5.74, 6) is -1.12. The van der Waals surface area contributed by atoms with Crippen LogP contribution in [0.5, 0.6) is 0 Å². The van der Waals surface area contributed by atoms with Crippen LogP contribution < -0.4 is 0 Å². The van der Waals surface area contributed by atoms with Crippen molar-refractivity contribution in [2.24, 2.45) is 7.05 Å². The summed E-state index contributed by atoms with van der Waals surface area (Å²) in [7, 11) is 1.83. The van der Waals surface area contributed by atoms with Gasteiger partial charge in [0.25, 0.3) is 0 Å². The highest BCUT2D eigenvalue weighted by Gasteiger charge is 2.41. The van der Waals surface area contributed by atoms with Crippen LogP contribution in [-0.2, 0) is 12.5 Å². The number of allylic oxidation sites excluding steroid dienone is 4. The molecule has 0 aliphatic heterocycles. The number of aromatic nitrogens is 5. The lowest BCUT2D eigenvalue weighted by Gasteiger charge is -2.29. The highest BCUT2D eigenvalue weighted by molar-refractivity contribution is 5.87. The first-order chi connectivity index (χ1) is 12.6. The minimum absolute atomic E-state index is 0.0862. The van der Waals surface area contributed by atoms with Gasteiger partial charge in [0.05, 0.1) is 11.1 Å². The number of carboxylic acids is 1. The third kappa shape index (κ3) is 2.54. The number of hydrogen-bond acceptors (Lipinski definition) is 4. The van der Waals surface area contributed by atoms with E-state index in [1.165, 1.54) is 0 Å². The van der Waals surface area contributed by atoms with E-state index in [0.29, 0.717) is 12.1 Å². The van der Waals surface area contributed by atoms with Crippen LogP contribution in [-0.4, -0.2) is 36.3 Å². The molecule has 1 aromatic carbocycles. The highest BCUT2D eigenvalue weighted by Crippen LogP contribution is 2.41. The molecule has 1 aliphatic rings. The Hall–Kier alpha value is -3.48. The molecule has 2 N–H and O–H groups in total. The van der Waals surface area contributed by atoms with Gasteiger partial charge in [-0.25, -0.2) is 4.79 Å². The number of carbonyl (C=O) groups is 1. The number of nitrogens with one attached hydrogen (secondary N) is 1. The molecule has 0 radical (unpaired) electrons. The molecule has 2 aromatic heterocycles. The predicted octanol–water partition coefficient (Wildman–Crippen LogP) is 2.57. The Balaban J connectivity index is 1.82. The van der Waals surface area contributed by atoms with Crippen molar-refractivity contribution in [2.45, 2.75) is 11.8 Å². The van der Waals surface area contributed by atoms with Gasteiger partial charge in [0.15, 0.2) is 5.69 Å². The number of carboxylic acid groups (broad SMARTS) is 1. The summed E-state index contributed by atoms with van der Waals surface area (Å²) in [6, 6.07) is 11.9. The lowest BCUT2D eigenvalue weighted by molar-refractivity contribution is 0.0688. The summed E-state index contributed by atoms with van der Waals surface area (Å²) in [6.45, 7) is 0. The fourth-order valence-corrected chi connectivity index (χ4v) is 3.31. The summed E-state index contributed by atoms with van der Waals surface area (Å²) >= 11 is 0. The molecule has 7 nitrogen and oxygen atoms in total. The van der Waals surface area contributed by atoms with Crippen LogP contribution in [0.15, 0.2) is 60.8 Å². The van der Waals surface area contributed by atoms with Gasteiger partial charge < -0.3 is 5.11 Å². The quantitative estimate of drug-likeness (QED) is 0.756. The molecule has 1 unspecified atom stereocenters. The Kier molecular flexibility index (Phi) is 3.76. The third-order valence-electron chi connectivity index (χ3n) is 4.64. The van der Waals surface area contributed by atoms with Crippen LogP contribution in [0.25, 0.3) is 5.57 Å². The van der Waals surface area contributed by atoms with Crippen LogP contribution in [0.3, 0.4) is 0 Å². The van der Waals surface area contributed by atoms with Gasteiger partial charge in [0.1, 0.15) is 5.69 Å². The third-order valence-corrected chi connectivity index (χ3v) is 4.64. The normalized spacial score (nSPS) is 19.3. The average molecular weight is 347 g/mol. The van der Waals surface area contributed by atoms with Crippen molar-refractivity contribution in [1.82, 2.24) is 25.2 Å². The molecule has 0 amide bonds. The van der Waals surface area contributed by atoms with E-state index in [-0.39, 0.29) is 5.69 Å². The molecule has 26 heavy (non-hydrogen) atoms. The average Bonchev–Trinajstić information content (AvgIpc) is 3.32. The summed E-state index contributed by atoms with van der Waals surface area (Å²) in [4.78, 5) is 11.6. The van der Waals surface area contributed by atoms with Crippen molar-refractivity contribution in [3.05, 3.63) is 83.5 Å². The molecule has 7 heteroatoms. The van der Waals surface area contributed by atoms with Crippen molar-refractivity contribution in [3.8, 4) is 0 Å². The minimum atomic E-state index is -1.12. The van der Waals surface area contributed by atoms with Crippen LogP contribution in [0.2, 0.25) is 0 Å². The number of aromatic carboxylic acids is 1. The summed E-state index contributed by atoms with van der Waals surface area (Å²) < 4.78 is 1.70. The molecule has 1 aliphatic carbocycles. The second kappa shape index (κ2) is 6.11. The molecule has 130 valence electrons. The van der Waals surface area contributed by atoms with Crippen molar-refractivity contribution >= 4 is 11.5 Å². The first kappa shape index (κ1) is 16.0.